The number of likely N-dealkylation sites (N-methyl/N-ethyl adjacent to an activating group) is 1. The molecule has 9 heteroatoms. The van der Waals surface area contributed by atoms with Gasteiger partial charge in [0.25, 0.3) is 5.91 Å². The van der Waals surface area contributed by atoms with Crippen molar-refractivity contribution in [1.82, 2.24) is 10.2 Å². The van der Waals surface area contributed by atoms with Gasteiger partial charge in [-0.25, -0.2) is 13.6 Å². The molecule has 1 atom stereocenters. The Bertz CT molecular complexity index is 750. The number of fused-ring (bicyclic) bond motifs is 1. The van der Waals surface area contributed by atoms with E-state index in [0.29, 0.717) is 36.9 Å². The van der Waals surface area contributed by atoms with E-state index in [1.54, 1.807) is 0 Å². The second-order valence-corrected chi connectivity index (χ2v) is 7.80. The Labute approximate surface area is 147 Å². The van der Waals surface area contributed by atoms with E-state index in [-0.39, 0.29) is 21.8 Å². The van der Waals surface area contributed by atoms with Gasteiger partial charge in [-0.3, -0.25) is 9.69 Å². The van der Waals surface area contributed by atoms with Gasteiger partial charge in [0.2, 0.25) is 10.0 Å². The summed E-state index contributed by atoms with van der Waals surface area (Å²) >= 11 is 0. The summed E-state index contributed by atoms with van der Waals surface area (Å²) in [4.78, 5) is 14.9. The van der Waals surface area contributed by atoms with Crippen LogP contribution in [0.5, 0.6) is 5.75 Å². The summed E-state index contributed by atoms with van der Waals surface area (Å²) in [7, 11) is -3.87. The summed E-state index contributed by atoms with van der Waals surface area (Å²) in [6.45, 7) is 5.10. The van der Waals surface area contributed by atoms with Crippen LogP contribution in [0.25, 0.3) is 0 Å². The Morgan fingerprint density at radius 1 is 1.44 bits per heavy atom. The predicted octanol–water partition coefficient (Wildman–Crippen LogP) is -0.342. The molecule has 1 saturated heterocycles. The van der Waals surface area contributed by atoms with Crippen LogP contribution in [0.15, 0.2) is 17.0 Å². The van der Waals surface area contributed by atoms with E-state index < -0.39 is 10.0 Å². The fraction of sp³-hybridized carbons (Fsp3) is 0.562. The Morgan fingerprint density at radius 3 is 2.88 bits per heavy atom. The van der Waals surface area contributed by atoms with Gasteiger partial charge in [-0.05, 0) is 43.6 Å². The van der Waals surface area contributed by atoms with Crippen LogP contribution < -0.4 is 15.2 Å². The highest BCUT2D eigenvalue weighted by atomic mass is 32.2. The second kappa shape index (κ2) is 7.69. The van der Waals surface area contributed by atoms with E-state index >= 15 is 0 Å². The fourth-order valence-electron chi connectivity index (χ4n) is 3.46. The van der Waals surface area contributed by atoms with Crippen molar-refractivity contribution in [3.8, 4) is 5.75 Å². The average molecular weight is 371 g/mol. The van der Waals surface area contributed by atoms with Crippen molar-refractivity contribution in [1.29, 1.82) is 0 Å². The lowest BCUT2D eigenvalue weighted by Crippen LogP contribution is -2.40. The number of benzene rings is 1. The number of hydrogen-bond donors (Lipinski definition) is 2. The first-order chi connectivity index (χ1) is 11.4. The van der Waals surface area contributed by atoms with Crippen LogP contribution >= 0.6 is 0 Å². The highest BCUT2D eigenvalue weighted by Crippen LogP contribution is 2.32. The van der Waals surface area contributed by atoms with Crippen molar-refractivity contribution in [2.45, 2.75) is 37.1 Å². The molecule has 1 amide bonds. The summed E-state index contributed by atoms with van der Waals surface area (Å²) < 4.78 is 28.8. The Hall–Kier alpha value is -1.68. The van der Waals surface area contributed by atoms with Crippen molar-refractivity contribution in [3.63, 3.8) is 0 Å². The summed E-state index contributed by atoms with van der Waals surface area (Å²) in [6.07, 6.45) is 2.76. The average Bonchev–Trinajstić information content (AvgIpc) is 3.18. The molecule has 25 heavy (non-hydrogen) atoms. The van der Waals surface area contributed by atoms with Gasteiger partial charge in [-0.1, -0.05) is 6.92 Å². The lowest BCUT2D eigenvalue weighted by Gasteiger charge is -2.23. The van der Waals surface area contributed by atoms with Gasteiger partial charge in [0.05, 0.1) is 17.1 Å². The molecule has 2 aliphatic rings. The molecule has 1 aromatic carbocycles. The van der Waals surface area contributed by atoms with Crippen LogP contribution in [-0.4, -0.2) is 57.0 Å². The number of carbonyl (C=O) groups excluding carboxylic acids is 1. The van der Waals surface area contributed by atoms with Gasteiger partial charge in [0, 0.05) is 19.0 Å². The number of nitrogens with two attached hydrogens (primary N) is 1. The molecule has 0 aromatic heterocycles. The van der Waals surface area contributed by atoms with Crippen molar-refractivity contribution >= 4 is 15.9 Å². The van der Waals surface area contributed by atoms with Gasteiger partial charge in [-0.15, -0.1) is 0 Å². The van der Waals surface area contributed by atoms with Crippen molar-refractivity contribution in [2.24, 2.45) is 5.14 Å². The predicted molar refractivity (Wildman–Crippen MR) is 93.2 cm³/mol. The van der Waals surface area contributed by atoms with Gasteiger partial charge in [0.15, 0.2) is 0 Å². The topological polar surface area (TPSA) is 133 Å². The van der Waals surface area contributed by atoms with Crippen molar-refractivity contribution < 1.29 is 23.4 Å². The van der Waals surface area contributed by atoms with E-state index in [2.05, 4.69) is 17.1 Å². The lowest BCUT2D eigenvalue weighted by molar-refractivity contribution is 0.0938. The molecule has 1 fully saturated rings. The van der Waals surface area contributed by atoms with Crippen LogP contribution in [0.4, 0.5) is 0 Å². The first kappa shape index (κ1) is 19.6. The molecular weight excluding hydrogens is 346 g/mol. The maximum atomic E-state index is 12.6. The van der Waals surface area contributed by atoms with E-state index in [9.17, 15) is 13.2 Å². The Morgan fingerprint density at radius 2 is 2.20 bits per heavy atom. The largest absolute Gasteiger partial charge is 0.492 e. The first-order valence-electron chi connectivity index (χ1n) is 8.25. The number of ether oxygens (including phenoxy) is 1. The summed E-state index contributed by atoms with van der Waals surface area (Å²) in [5.41, 5.74) is 0.956. The normalized spacial score (nSPS) is 19.8. The van der Waals surface area contributed by atoms with Crippen molar-refractivity contribution in [3.05, 3.63) is 23.3 Å². The molecule has 140 valence electrons. The van der Waals surface area contributed by atoms with Gasteiger partial charge >= 0.3 is 0 Å². The third-order valence-corrected chi connectivity index (χ3v) is 5.63. The molecule has 0 bridgehead atoms. The molecule has 0 radical (unpaired) electrons. The molecular formula is C16H25N3O5S. The standard InChI is InChI=1S/C16H23N3O4S.H2O/c1-2-19-6-3-4-12(19)10-18-16(20)14-9-13(24(17,21)22)8-11-5-7-23-15(11)14;/h8-9,12H,2-7,10H2,1H3,(H,18,20)(H2,17,21,22);1H2. The summed E-state index contributed by atoms with van der Waals surface area (Å²) in [5.74, 6) is 0.153. The number of amides is 1. The van der Waals surface area contributed by atoms with Crippen LogP contribution in [0.1, 0.15) is 35.7 Å². The van der Waals surface area contributed by atoms with E-state index in [4.69, 9.17) is 9.88 Å². The summed E-state index contributed by atoms with van der Waals surface area (Å²) in [6, 6.07) is 3.13. The molecule has 2 aliphatic heterocycles. The zero-order chi connectivity index (χ0) is 17.3. The van der Waals surface area contributed by atoms with E-state index in [0.717, 1.165) is 25.9 Å². The third kappa shape index (κ3) is 4.12. The molecule has 1 aromatic rings. The highest BCUT2D eigenvalue weighted by molar-refractivity contribution is 7.89. The zero-order valence-electron chi connectivity index (χ0n) is 14.2. The van der Waals surface area contributed by atoms with Gasteiger partial charge < -0.3 is 15.5 Å². The number of carbonyl (C=O) groups is 1. The van der Waals surface area contributed by atoms with E-state index in [1.165, 1.54) is 12.1 Å². The van der Waals surface area contributed by atoms with Crippen LogP contribution in [0, 0.1) is 0 Å². The SMILES string of the molecule is CCN1CCCC1CNC(=O)c1cc(S(N)(=O)=O)cc2c1OCC2.O. The maximum absolute atomic E-state index is 12.6. The molecule has 0 saturated carbocycles. The minimum Gasteiger partial charge on any atom is -0.492 e. The zero-order valence-corrected chi connectivity index (χ0v) is 15.1. The van der Waals surface area contributed by atoms with E-state index in [1.807, 2.05) is 0 Å². The molecule has 8 nitrogen and oxygen atoms in total. The smallest absolute Gasteiger partial charge is 0.255 e. The maximum Gasteiger partial charge on any atom is 0.255 e. The van der Waals surface area contributed by atoms with Crippen LogP contribution in [0.3, 0.4) is 0 Å². The molecule has 2 heterocycles. The minimum absolute atomic E-state index is 0. The van der Waals surface area contributed by atoms with Gasteiger partial charge in [-0.2, -0.15) is 0 Å². The monoisotopic (exact) mass is 371 g/mol. The number of nitrogens with zero attached hydrogens (tertiary/aromatic N) is 1. The molecule has 0 aliphatic carbocycles. The van der Waals surface area contributed by atoms with Gasteiger partial charge in [0.1, 0.15) is 5.75 Å². The fourth-order valence-corrected chi connectivity index (χ4v) is 4.05. The summed E-state index contributed by atoms with van der Waals surface area (Å²) in [5, 5.41) is 8.14. The molecule has 3 rings (SSSR count). The van der Waals surface area contributed by atoms with Crippen molar-refractivity contribution in [2.75, 3.05) is 26.2 Å². The number of sulfonamides is 1. The molecule has 5 N–H and O–H groups in total. The minimum atomic E-state index is -3.87. The molecule has 0 spiro atoms. The number of rotatable bonds is 5. The Balaban J connectivity index is 0.00000225. The number of primary sulfonamides is 1. The highest BCUT2D eigenvalue weighted by Gasteiger charge is 2.27. The van der Waals surface area contributed by atoms with Crippen LogP contribution in [-0.2, 0) is 16.4 Å². The number of nitrogens with one attached hydrogen (secondary N) is 1. The number of hydrogen-bond acceptors (Lipinski definition) is 5. The third-order valence-electron chi connectivity index (χ3n) is 4.73. The Kier molecular flexibility index (Phi) is 6.04. The first-order valence-corrected chi connectivity index (χ1v) is 9.79. The number of likely N-dealkylation sites (tertiary alicyclic amines) is 1. The second-order valence-electron chi connectivity index (χ2n) is 6.24. The van der Waals surface area contributed by atoms with Crippen LogP contribution in [0.2, 0.25) is 0 Å². The molecule has 1 unspecified atom stereocenters. The lowest BCUT2D eigenvalue weighted by atomic mass is 10.1. The quantitative estimate of drug-likeness (QED) is 0.730.